The minimum Gasteiger partial charge on any atom is -0.497 e. The second-order valence-corrected chi connectivity index (χ2v) is 8.70. The van der Waals surface area contributed by atoms with E-state index in [9.17, 15) is 4.79 Å². The first-order valence-corrected chi connectivity index (χ1v) is 10.1. The van der Waals surface area contributed by atoms with Gasteiger partial charge in [0, 0.05) is 24.5 Å². The van der Waals surface area contributed by atoms with Crippen LogP contribution in [0.4, 0.5) is 22.0 Å². The Labute approximate surface area is 176 Å². The first kappa shape index (κ1) is 20.0. The molecule has 2 aliphatic rings. The normalized spacial score (nSPS) is 21.7. The van der Waals surface area contributed by atoms with E-state index in [1.54, 1.807) is 19.4 Å². The molecule has 0 saturated carbocycles. The molecular formula is C22H28N6O2. The van der Waals surface area contributed by atoms with Gasteiger partial charge in [0.2, 0.25) is 0 Å². The SMILES string of the molecule is COc1cccc(NC(=O)N2CCC3(C2)Nc2cccnc2NC3=NC(C)(C)C)c1. The molecule has 1 unspecified atom stereocenters. The number of ether oxygens (including phenoxy) is 1. The molecule has 1 saturated heterocycles. The Hall–Kier alpha value is -3.29. The lowest BCUT2D eigenvalue weighted by molar-refractivity contribution is 0.221. The standard InChI is InChI=1S/C22H28N6O2/c1-21(2,3)27-19-22(26-17-9-6-11-23-18(17)25-19)10-12-28(14-22)20(29)24-15-7-5-8-16(13-15)30-4/h5-9,11,13,26H,10,12,14H2,1-4H3,(H,24,29)(H,23,25,27). The third kappa shape index (κ3) is 4.03. The maximum Gasteiger partial charge on any atom is 0.321 e. The van der Waals surface area contributed by atoms with Crippen LogP contribution in [0, 0.1) is 0 Å². The van der Waals surface area contributed by atoms with E-state index in [1.807, 2.05) is 35.2 Å². The fraction of sp³-hybridized carbons (Fsp3) is 0.409. The molecule has 0 radical (unpaired) electrons. The van der Waals surface area contributed by atoms with E-state index in [0.717, 1.165) is 23.8 Å². The minimum atomic E-state index is -0.477. The first-order chi connectivity index (χ1) is 14.3. The predicted molar refractivity (Wildman–Crippen MR) is 120 cm³/mol. The summed E-state index contributed by atoms with van der Waals surface area (Å²) in [4.78, 5) is 24.1. The smallest absolute Gasteiger partial charge is 0.321 e. The van der Waals surface area contributed by atoms with E-state index in [2.05, 4.69) is 41.7 Å². The van der Waals surface area contributed by atoms with Crippen LogP contribution in [-0.2, 0) is 0 Å². The van der Waals surface area contributed by atoms with Crippen molar-refractivity contribution in [3.8, 4) is 5.75 Å². The molecule has 4 rings (SSSR count). The number of benzene rings is 1. The highest BCUT2D eigenvalue weighted by Gasteiger charge is 2.47. The zero-order valence-electron chi connectivity index (χ0n) is 17.8. The maximum absolute atomic E-state index is 13.0. The van der Waals surface area contributed by atoms with Crippen LogP contribution >= 0.6 is 0 Å². The second-order valence-electron chi connectivity index (χ2n) is 8.70. The molecule has 158 valence electrons. The summed E-state index contributed by atoms with van der Waals surface area (Å²) in [5.74, 6) is 2.27. The van der Waals surface area contributed by atoms with Crippen LogP contribution in [0.1, 0.15) is 27.2 Å². The number of nitrogens with one attached hydrogen (secondary N) is 3. The highest BCUT2D eigenvalue weighted by atomic mass is 16.5. The zero-order chi connectivity index (χ0) is 21.4. The Balaban J connectivity index is 1.57. The van der Waals surface area contributed by atoms with E-state index in [4.69, 9.17) is 9.73 Å². The molecule has 8 nitrogen and oxygen atoms in total. The van der Waals surface area contributed by atoms with Crippen LogP contribution in [0.3, 0.4) is 0 Å². The van der Waals surface area contributed by atoms with Crippen molar-refractivity contribution < 1.29 is 9.53 Å². The van der Waals surface area contributed by atoms with Gasteiger partial charge in [-0.1, -0.05) is 6.07 Å². The van der Waals surface area contributed by atoms with E-state index in [-0.39, 0.29) is 11.6 Å². The van der Waals surface area contributed by atoms with Crippen molar-refractivity contribution in [1.29, 1.82) is 0 Å². The van der Waals surface area contributed by atoms with Gasteiger partial charge in [-0.3, -0.25) is 4.99 Å². The number of anilines is 3. The summed E-state index contributed by atoms with van der Waals surface area (Å²) in [6.07, 6.45) is 2.50. The first-order valence-electron chi connectivity index (χ1n) is 10.1. The Kier molecular flexibility index (Phi) is 5.01. The van der Waals surface area contributed by atoms with Crippen molar-refractivity contribution in [3.05, 3.63) is 42.6 Å². The molecular weight excluding hydrogens is 380 g/mol. The number of amidine groups is 1. The fourth-order valence-electron chi connectivity index (χ4n) is 3.81. The Bertz CT molecular complexity index is 984. The van der Waals surface area contributed by atoms with Crippen molar-refractivity contribution in [2.24, 2.45) is 4.99 Å². The van der Waals surface area contributed by atoms with Gasteiger partial charge in [-0.2, -0.15) is 0 Å². The minimum absolute atomic E-state index is 0.144. The average molecular weight is 409 g/mol. The number of fused-ring (bicyclic) bond motifs is 1. The number of hydrogen-bond donors (Lipinski definition) is 3. The number of carbonyl (C=O) groups is 1. The van der Waals surface area contributed by atoms with Crippen molar-refractivity contribution in [3.63, 3.8) is 0 Å². The second kappa shape index (κ2) is 7.51. The molecule has 8 heteroatoms. The van der Waals surface area contributed by atoms with Gasteiger partial charge in [-0.05, 0) is 51.5 Å². The third-order valence-electron chi connectivity index (χ3n) is 5.20. The average Bonchev–Trinajstić information content (AvgIpc) is 3.12. The van der Waals surface area contributed by atoms with Crippen LogP contribution in [0.25, 0.3) is 0 Å². The summed E-state index contributed by atoms with van der Waals surface area (Å²) >= 11 is 0. The highest BCUT2D eigenvalue weighted by Crippen LogP contribution is 2.36. The number of carbonyl (C=O) groups excluding carboxylic acids is 1. The topological polar surface area (TPSA) is 90.9 Å². The number of aromatic nitrogens is 1. The lowest BCUT2D eigenvalue weighted by Crippen LogP contribution is -2.55. The van der Waals surface area contributed by atoms with Gasteiger partial charge >= 0.3 is 6.03 Å². The molecule has 1 spiro atoms. The van der Waals surface area contributed by atoms with E-state index in [1.165, 1.54) is 0 Å². The summed E-state index contributed by atoms with van der Waals surface area (Å²) in [6.45, 7) is 7.30. The summed E-state index contributed by atoms with van der Waals surface area (Å²) in [5.41, 5.74) is 0.878. The summed E-state index contributed by atoms with van der Waals surface area (Å²) < 4.78 is 5.24. The number of aliphatic imine (C=N–C) groups is 1. The van der Waals surface area contributed by atoms with Crippen LogP contribution in [0.2, 0.25) is 0 Å². The Morgan fingerprint density at radius 3 is 2.90 bits per heavy atom. The van der Waals surface area contributed by atoms with Crippen molar-refractivity contribution in [1.82, 2.24) is 9.88 Å². The van der Waals surface area contributed by atoms with E-state index >= 15 is 0 Å². The molecule has 1 atom stereocenters. The molecule has 3 N–H and O–H groups in total. The Morgan fingerprint density at radius 2 is 2.13 bits per heavy atom. The highest BCUT2D eigenvalue weighted by molar-refractivity contribution is 6.09. The molecule has 1 fully saturated rings. The number of likely N-dealkylation sites (tertiary alicyclic amines) is 1. The number of pyridine rings is 1. The maximum atomic E-state index is 13.0. The van der Waals surface area contributed by atoms with Crippen LogP contribution < -0.4 is 20.7 Å². The number of urea groups is 1. The summed E-state index contributed by atoms with van der Waals surface area (Å²) in [5, 5.41) is 10.00. The van der Waals surface area contributed by atoms with Gasteiger partial charge in [-0.25, -0.2) is 9.78 Å². The molecule has 1 aromatic carbocycles. The molecule has 0 bridgehead atoms. The van der Waals surface area contributed by atoms with Gasteiger partial charge < -0.3 is 25.6 Å². The van der Waals surface area contributed by atoms with Crippen molar-refractivity contribution in [2.45, 2.75) is 38.3 Å². The molecule has 30 heavy (non-hydrogen) atoms. The van der Waals surface area contributed by atoms with Crippen LogP contribution in [0.15, 0.2) is 47.6 Å². The van der Waals surface area contributed by atoms with Gasteiger partial charge in [-0.15, -0.1) is 0 Å². The third-order valence-corrected chi connectivity index (χ3v) is 5.20. The zero-order valence-corrected chi connectivity index (χ0v) is 17.8. The Morgan fingerprint density at radius 1 is 1.30 bits per heavy atom. The number of nitrogens with zero attached hydrogens (tertiary/aromatic N) is 3. The van der Waals surface area contributed by atoms with Gasteiger partial charge in [0.25, 0.3) is 0 Å². The molecule has 0 aliphatic carbocycles. The monoisotopic (exact) mass is 408 g/mol. The number of hydrogen-bond acceptors (Lipinski definition) is 5. The molecule has 3 heterocycles. The van der Waals surface area contributed by atoms with Gasteiger partial charge in [0.15, 0.2) is 5.82 Å². The van der Waals surface area contributed by atoms with Crippen molar-refractivity contribution >= 4 is 29.1 Å². The van der Waals surface area contributed by atoms with Crippen LogP contribution in [0.5, 0.6) is 5.75 Å². The molecule has 2 aliphatic heterocycles. The van der Waals surface area contributed by atoms with E-state index in [0.29, 0.717) is 24.5 Å². The quantitative estimate of drug-likeness (QED) is 0.703. The molecule has 2 amide bonds. The molecule has 2 aromatic rings. The van der Waals surface area contributed by atoms with Gasteiger partial charge in [0.1, 0.15) is 17.1 Å². The fourth-order valence-corrected chi connectivity index (χ4v) is 3.81. The predicted octanol–water partition coefficient (Wildman–Crippen LogP) is 3.80. The molecule has 1 aromatic heterocycles. The summed E-state index contributed by atoms with van der Waals surface area (Å²) in [7, 11) is 1.61. The number of amides is 2. The lowest BCUT2D eigenvalue weighted by Gasteiger charge is -2.39. The largest absolute Gasteiger partial charge is 0.497 e. The lowest BCUT2D eigenvalue weighted by atomic mass is 9.93. The van der Waals surface area contributed by atoms with E-state index < -0.39 is 5.54 Å². The summed E-state index contributed by atoms with van der Waals surface area (Å²) in [6, 6.07) is 11.1. The number of rotatable bonds is 2. The number of methoxy groups -OCH3 is 1. The van der Waals surface area contributed by atoms with Crippen molar-refractivity contribution in [2.75, 3.05) is 36.1 Å². The van der Waals surface area contributed by atoms with Crippen LogP contribution in [-0.4, -0.2) is 53.0 Å². The van der Waals surface area contributed by atoms with Gasteiger partial charge in [0.05, 0.1) is 24.9 Å².